The van der Waals surface area contributed by atoms with E-state index in [1.54, 1.807) is 17.1 Å². The molecule has 1 aliphatic carbocycles. The second kappa shape index (κ2) is 6.43. The molecule has 4 rings (SSSR count). The standard InChI is InChI=1S/C18H19N5O2/c1-12-11-17(23(22-12)16-7-2-3-9-19-16)21-18(24)20-14-5-4-6-15-13(14)8-10-25-15/h2-3,7-11,14H,4-6H2,1H3,(H2,20,21,24)/t14-/m0/s1. The molecular weight excluding hydrogens is 318 g/mol. The molecule has 0 radical (unpaired) electrons. The maximum absolute atomic E-state index is 12.5. The summed E-state index contributed by atoms with van der Waals surface area (Å²) in [4.78, 5) is 16.8. The Morgan fingerprint density at radius 1 is 1.36 bits per heavy atom. The lowest BCUT2D eigenvalue weighted by molar-refractivity contribution is 0.246. The van der Waals surface area contributed by atoms with E-state index < -0.39 is 0 Å². The van der Waals surface area contributed by atoms with Gasteiger partial charge in [0, 0.05) is 24.2 Å². The van der Waals surface area contributed by atoms with E-state index in [0.29, 0.717) is 11.6 Å². The highest BCUT2D eigenvalue weighted by Gasteiger charge is 2.24. The highest BCUT2D eigenvalue weighted by atomic mass is 16.3. The van der Waals surface area contributed by atoms with Gasteiger partial charge in [-0.1, -0.05) is 6.07 Å². The minimum atomic E-state index is -0.267. The van der Waals surface area contributed by atoms with Gasteiger partial charge in [0.1, 0.15) is 11.6 Å². The fraction of sp³-hybridized carbons (Fsp3) is 0.278. The number of carbonyl (C=O) groups is 1. The molecule has 3 heterocycles. The van der Waals surface area contributed by atoms with E-state index in [2.05, 4.69) is 20.7 Å². The number of amides is 2. The average molecular weight is 337 g/mol. The van der Waals surface area contributed by atoms with Crippen LogP contribution in [-0.2, 0) is 6.42 Å². The topological polar surface area (TPSA) is 85.0 Å². The summed E-state index contributed by atoms with van der Waals surface area (Å²) in [7, 11) is 0. The van der Waals surface area contributed by atoms with Crippen molar-refractivity contribution in [3.63, 3.8) is 0 Å². The van der Waals surface area contributed by atoms with Crippen molar-refractivity contribution in [3.8, 4) is 5.82 Å². The van der Waals surface area contributed by atoms with Crippen LogP contribution in [0, 0.1) is 6.92 Å². The second-order valence-electron chi connectivity index (χ2n) is 6.11. The van der Waals surface area contributed by atoms with E-state index in [1.165, 1.54) is 0 Å². The van der Waals surface area contributed by atoms with Gasteiger partial charge in [0.15, 0.2) is 5.82 Å². The zero-order valence-corrected chi connectivity index (χ0v) is 13.9. The van der Waals surface area contributed by atoms with Crippen molar-refractivity contribution in [1.82, 2.24) is 20.1 Å². The first-order chi connectivity index (χ1) is 12.2. The minimum absolute atomic E-state index is 0.0326. The van der Waals surface area contributed by atoms with Gasteiger partial charge in [0.25, 0.3) is 0 Å². The first kappa shape index (κ1) is 15.4. The monoisotopic (exact) mass is 337 g/mol. The normalized spacial score (nSPS) is 16.3. The predicted molar refractivity (Wildman–Crippen MR) is 92.6 cm³/mol. The molecule has 3 aromatic heterocycles. The van der Waals surface area contributed by atoms with Crippen LogP contribution in [0.4, 0.5) is 10.6 Å². The van der Waals surface area contributed by atoms with Gasteiger partial charge in [-0.15, -0.1) is 0 Å². The molecule has 25 heavy (non-hydrogen) atoms. The molecule has 0 unspecified atom stereocenters. The number of anilines is 1. The fourth-order valence-corrected chi connectivity index (χ4v) is 3.19. The Morgan fingerprint density at radius 2 is 2.28 bits per heavy atom. The second-order valence-corrected chi connectivity index (χ2v) is 6.11. The van der Waals surface area contributed by atoms with Crippen molar-refractivity contribution in [1.29, 1.82) is 0 Å². The number of nitrogens with one attached hydrogen (secondary N) is 2. The number of rotatable bonds is 3. The van der Waals surface area contributed by atoms with Crippen LogP contribution in [0.2, 0.25) is 0 Å². The summed E-state index contributed by atoms with van der Waals surface area (Å²) in [5.41, 5.74) is 1.87. The molecule has 1 aliphatic rings. The molecule has 0 aromatic carbocycles. The van der Waals surface area contributed by atoms with Gasteiger partial charge in [-0.25, -0.2) is 9.78 Å². The maximum atomic E-state index is 12.5. The van der Waals surface area contributed by atoms with Crippen LogP contribution in [0.1, 0.15) is 35.9 Å². The first-order valence-corrected chi connectivity index (χ1v) is 8.32. The molecule has 0 spiro atoms. The SMILES string of the molecule is Cc1cc(NC(=O)N[C@H]2CCCc3occc32)n(-c2ccccn2)n1. The molecule has 0 saturated carbocycles. The highest BCUT2D eigenvalue weighted by molar-refractivity contribution is 5.89. The summed E-state index contributed by atoms with van der Waals surface area (Å²) in [6, 6.07) is 9.01. The number of urea groups is 1. The van der Waals surface area contributed by atoms with Gasteiger partial charge in [-0.3, -0.25) is 5.32 Å². The molecule has 1 atom stereocenters. The van der Waals surface area contributed by atoms with Gasteiger partial charge in [-0.2, -0.15) is 9.78 Å². The molecule has 0 aliphatic heterocycles. The number of furan rings is 1. The Labute approximate surface area is 145 Å². The minimum Gasteiger partial charge on any atom is -0.469 e. The quantitative estimate of drug-likeness (QED) is 0.767. The largest absolute Gasteiger partial charge is 0.469 e. The molecule has 7 heteroatoms. The third kappa shape index (κ3) is 3.13. The van der Waals surface area contributed by atoms with E-state index in [-0.39, 0.29) is 12.1 Å². The Morgan fingerprint density at radius 3 is 3.12 bits per heavy atom. The van der Waals surface area contributed by atoms with Crippen LogP contribution < -0.4 is 10.6 Å². The number of nitrogens with zero attached hydrogens (tertiary/aromatic N) is 3. The van der Waals surface area contributed by atoms with Crippen LogP contribution in [-0.4, -0.2) is 20.8 Å². The highest BCUT2D eigenvalue weighted by Crippen LogP contribution is 2.30. The van der Waals surface area contributed by atoms with Crippen LogP contribution >= 0.6 is 0 Å². The maximum Gasteiger partial charge on any atom is 0.320 e. The number of aromatic nitrogens is 3. The fourth-order valence-electron chi connectivity index (χ4n) is 3.19. The van der Waals surface area contributed by atoms with Gasteiger partial charge in [0.2, 0.25) is 0 Å². The molecule has 128 valence electrons. The van der Waals surface area contributed by atoms with Crippen LogP contribution in [0.3, 0.4) is 0 Å². The van der Waals surface area contributed by atoms with E-state index in [4.69, 9.17) is 4.42 Å². The van der Waals surface area contributed by atoms with E-state index in [1.807, 2.05) is 37.3 Å². The third-order valence-corrected chi connectivity index (χ3v) is 4.30. The number of aryl methyl sites for hydroxylation is 2. The molecule has 3 aromatic rings. The Hall–Kier alpha value is -3.09. The summed E-state index contributed by atoms with van der Waals surface area (Å²) in [5, 5.41) is 10.3. The summed E-state index contributed by atoms with van der Waals surface area (Å²) < 4.78 is 7.10. The smallest absolute Gasteiger partial charge is 0.320 e. The van der Waals surface area contributed by atoms with Crippen molar-refractivity contribution >= 4 is 11.8 Å². The zero-order valence-electron chi connectivity index (χ0n) is 13.9. The number of pyridine rings is 1. The molecule has 2 amide bonds. The zero-order chi connectivity index (χ0) is 17.2. The predicted octanol–water partition coefficient (Wildman–Crippen LogP) is 3.37. The number of hydrogen-bond donors (Lipinski definition) is 2. The van der Waals surface area contributed by atoms with Crippen LogP contribution in [0.15, 0.2) is 47.2 Å². The number of carbonyl (C=O) groups excluding carboxylic acids is 1. The Balaban J connectivity index is 1.51. The summed E-state index contributed by atoms with van der Waals surface area (Å²) in [5.74, 6) is 2.20. The van der Waals surface area contributed by atoms with Crippen molar-refractivity contribution < 1.29 is 9.21 Å². The lowest BCUT2D eigenvalue weighted by atomic mass is 9.93. The van der Waals surface area contributed by atoms with Crippen molar-refractivity contribution in [2.45, 2.75) is 32.2 Å². The van der Waals surface area contributed by atoms with Gasteiger partial charge in [0.05, 0.1) is 18.0 Å². The molecule has 0 fully saturated rings. The van der Waals surface area contributed by atoms with Crippen molar-refractivity contribution in [3.05, 3.63) is 59.8 Å². The lowest BCUT2D eigenvalue weighted by Crippen LogP contribution is -2.34. The summed E-state index contributed by atoms with van der Waals surface area (Å²) in [6.45, 7) is 1.88. The van der Waals surface area contributed by atoms with Crippen LogP contribution in [0.5, 0.6) is 0 Å². The first-order valence-electron chi connectivity index (χ1n) is 8.32. The van der Waals surface area contributed by atoms with E-state index in [9.17, 15) is 4.79 Å². The molecule has 0 bridgehead atoms. The molecule has 0 saturated heterocycles. The molecule has 7 nitrogen and oxygen atoms in total. The van der Waals surface area contributed by atoms with Gasteiger partial charge in [-0.05, 0) is 38.0 Å². The van der Waals surface area contributed by atoms with Crippen LogP contribution in [0.25, 0.3) is 5.82 Å². The van der Waals surface area contributed by atoms with Crippen molar-refractivity contribution in [2.24, 2.45) is 0 Å². The lowest BCUT2D eigenvalue weighted by Gasteiger charge is -2.22. The van der Waals surface area contributed by atoms with E-state index in [0.717, 1.165) is 36.3 Å². The number of hydrogen-bond acceptors (Lipinski definition) is 4. The summed E-state index contributed by atoms with van der Waals surface area (Å²) >= 11 is 0. The Kier molecular flexibility index (Phi) is 3.97. The van der Waals surface area contributed by atoms with Crippen molar-refractivity contribution in [2.75, 3.05) is 5.32 Å². The third-order valence-electron chi connectivity index (χ3n) is 4.30. The molecule has 2 N–H and O–H groups in total. The summed E-state index contributed by atoms with van der Waals surface area (Å²) in [6.07, 6.45) is 6.20. The Bertz CT molecular complexity index is 884. The average Bonchev–Trinajstić information content (AvgIpc) is 3.23. The van der Waals surface area contributed by atoms with Gasteiger partial charge < -0.3 is 9.73 Å². The van der Waals surface area contributed by atoms with E-state index >= 15 is 0 Å². The number of fused-ring (bicyclic) bond motifs is 1. The van der Waals surface area contributed by atoms with Gasteiger partial charge >= 0.3 is 6.03 Å². The molecular formula is C18H19N5O2.